The summed E-state index contributed by atoms with van der Waals surface area (Å²) < 4.78 is 4.94. The van der Waals surface area contributed by atoms with Gasteiger partial charge in [0.2, 0.25) is 5.91 Å². The van der Waals surface area contributed by atoms with E-state index in [1.165, 1.54) is 0 Å². The number of hydrogen-bond acceptors (Lipinski definition) is 4. The van der Waals surface area contributed by atoms with E-state index in [-0.39, 0.29) is 24.4 Å². The topological polar surface area (TPSA) is 70.6 Å². The number of halogens is 1. The molecule has 1 rings (SSSR count). The number of unbranched alkanes of at least 4 members (excludes halogenated alkanes) is 2. The number of methoxy groups -OCH3 is 1. The summed E-state index contributed by atoms with van der Waals surface area (Å²) in [6.45, 7) is 2.18. The average Bonchev–Trinajstić information content (AvgIpc) is 2.32. The molecule has 5 nitrogen and oxygen atoms in total. The zero-order valence-electron chi connectivity index (χ0n) is 11.0. The minimum Gasteiger partial charge on any atom is -0.390 e. The van der Waals surface area contributed by atoms with Crippen molar-refractivity contribution in [3.63, 3.8) is 0 Å². The molecule has 0 radical (unpaired) electrons. The van der Waals surface area contributed by atoms with Crippen molar-refractivity contribution in [3.8, 4) is 0 Å². The van der Waals surface area contributed by atoms with Crippen LogP contribution in [0.4, 0.5) is 0 Å². The third-order valence-electron chi connectivity index (χ3n) is 3.05. The lowest BCUT2D eigenvalue weighted by Crippen LogP contribution is -2.52. The van der Waals surface area contributed by atoms with Gasteiger partial charge in [0.15, 0.2) is 0 Å². The summed E-state index contributed by atoms with van der Waals surface area (Å²) in [6, 6.07) is -0.0808. The fraction of sp³-hybridized carbons (Fsp3) is 0.917. The number of β-amino-alcohol motifs (C(OH)–C–C–N with tert-alkyl or cyclic N) is 1. The second-order valence-electron chi connectivity index (χ2n) is 4.54. The molecule has 1 heterocycles. The zero-order chi connectivity index (χ0) is 12.5. The van der Waals surface area contributed by atoms with Crippen molar-refractivity contribution >= 4 is 18.3 Å². The lowest BCUT2D eigenvalue weighted by atomic mass is 10.0. The quantitative estimate of drug-likeness (QED) is 0.593. The second kappa shape index (κ2) is 10.6. The number of ether oxygens (including phenoxy) is 1. The van der Waals surface area contributed by atoms with Gasteiger partial charge in [0.1, 0.15) is 0 Å². The van der Waals surface area contributed by atoms with Gasteiger partial charge in [0.05, 0.1) is 12.1 Å². The molecule has 0 aliphatic carbocycles. The lowest BCUT2D eigenvalue weighted by Gasteiger charge is -2.29. The van der Waals surface area contributed by atoms with Crippen LogP contribution in [0.3, 0.4) is 0 Å². The summed E-state index contributed by atoms with van der Waals surface area (Å²) >= 11 is 0. The third-order valence-corrected chi connectivity index (χ3v) is 3.05. The van der Waals surface area contributed by atoms with Crippen LogP contribution < -0.4 is 10.6 Å². The number of aliphatic hydroxyl groups excluding tert-OH is 1. The molecule has 0 aromatic carbocycles. The van der Waals surface area contributed by atoms with Gasteiger partial charge >= 0.3 is 0 Å². The van der Waals surface area contributed by atoms with Crippen LogP contribution in [0.1, 0.15) is 32.1 Å². The normalized spacial score (nSPS) is 23.2. The Bertz CT molecular complexity index is 229. The summed E-state index contributed by atoms with van der Waals surface area (Å²) in [5, 5.41) is 15.7. The van der Waals surface area contributed by atoms with Gasteiger partial charge in [-0.05, 0) is 25.8 Å². The first kappa shape index (κ1) is 17.6. The Morgan fingerprint density at radius 2 is 2.22 bits per heavy atom. The van der Waals surface area contributed by atoms with E-state index in [1.54, 1.807) is 7.11 Å². The molecule has 0 unspecified atom stereocenters. The first-order chi connectivity index (χ1) is 8.24. The van der Waals surface area contributed by atoms with E-state index in [1.807, 2.05) is 0 Å². The fourth-order valence-corrected chi connectivity index (χ4v) is 2.00. The molecule has 3 N–H and O–H groups in total. The van der Waals surface area contributed by atoms with Crippen LogP contribution in [-0.2, 0) is 9.53 Å². The number of nitrogens with one attached hydrogen (secondary N) is 2. The van der Waals surface area contributed by atoms with Crippen LogP contribution in [0.15, 0.2) is 0 Å². The number of aliphatic hydroxyl groups is 1. The molecule has 1 saturated heterocycles. The predicted molar refractivity (Wildman–Crippen MR) is 73.0 cm³/mol. The minimum atomic E-state index is -0.457. The van der Waals surface area contributed by atoms with Gasteiger partial charge in [0.25, 0.3) is 0 Å². The number of rotatable bonds is 7. The molecule has 18 heavy (non-hydrogen) atoms. The van der Waals surface area contributed by atoms with Gasteiger partial charge in [-0.2, -0.15) is 0 Å². The number of hydrogen-bond donors (Lipinski definition) is 3. The maximum Gasteiger partial charge on any atom is 0.220 e. The average molecular weight is 281 g/mol. The van der Waals surface area contributed by atoms with E-state index in [0.29, 0.717) is 13.0 Å². The van der Waals surface area contributed by atoms with E-state index in [0.717, 1.165) is 38.8 Å². The number of amides is 1. The predicted octanol–water partition coefficient (Wildman–Crippen LogP) is 0.454. The largest absolute Gasteiger partial charge is 0.390 e. The van der Waals surface area contributed by atoms with Crippen molar-refractivity contribution < 1.29 is 14.6 Å². The Hall–Kier alpha value is -0.360. The Kier molecular flexibility index (Phi) is 10.3. The molecule has 1 amide bonds. The van der Waals surface area contributed by atoms with Crippen LogP contribution in [0.5, 0.6) is 0 Å². The number of carbonyl (C=O) groups is 1. The van der Waals surface area contributed by atoms with Crippen LogP contribution in [-0.4, -0.2) is 50.0 Å². The van der Waals surface area contributed by atoms with Crippen LogP contribution >= 0.6 is 12.4 Å². The Morgan fingerprint density at radius 3 is 2.89 bits per heavy atom. The molecule has 0 aromatic rings. The molecule has 108 valence electrons. The maximum absolute atomic E-state index is 11.6. The summed E-state index contributed by atoms with van der Waals surface area (Å²) in [4.78, 5) is 11.6. The lowest BCUT2D eigenvalue weighted by molar-refractivity contribution is -0.123. The summed E-state index contributed by atoms with van der Waals surface area (Å²) in [5.41, 5.74) is 0. The van der Waals surface area contributed by atoms with Crippen LogP contribution in [0.25, 0.3) is 0 Å². The summed E-state index contributed by atoms with van der Waals surface area (Å²) in [7, 11) is 1.69. The summed E-state index contributed by atoms with van der Waals surface area (Å²) in [6.07, 6.45) is 3.78. The fourth-order valence-electron chi connectivity index (χ4n) is 2.00. The number of piperidine rings is 1. The highest BCUT2D eigenvalue weighted by atomic mass is 35.5. The van der Waals surface area contributed by atoms with Crippen LogP contribution in [0.2, 0.25) is 0 Å². The Labute approximate surface area is 115 Å². The molecule has 0 spiro atoms. The molecule has 6 heteroatoms. The molecule has 0 saturated carbocycles. The molecular formula is C12H25ClN2O3. The van der Waals surface area contributed by atoms with E-state index in [4.69, 9.17) is 4.74 Å². The maximum atomic E-state index is 11.6. The monoisotopic (exact) mass is 280 g/mol. The van der Waals surface area contributed by atoms with Gasteiger partial charge in [0, 0.05) is 26.7 Å². The van der Waals surface area contributed by atoms with Crippen LogP contribution in [0, 0.1) is 0 Å². The van der Waals surface area contributed by atoms with E-state index < -0.39 is 6.10 Å². The van der Waals surface area contributed by atoms with Crippen molar-refractivity contribution in [1.82, 2.24) is 10.6 Å². The summed E-state index contributed by atoms with van der Waals surface area (Å²) in [5.74, 6) is 0.0494. The molecule has 1 fully saturated rings. The highest BCUT2D eigenvalue weighted by Crippen LogP contribution is 2.05. The van der Waals surface area contributed by atoms with Crippen molar-refractivity contribution in [2.24, 2.45) is 0 Å². The Balaban J connectivity index is 0.00000289. The van der Waals surface area contributed by atoms with E-state index >= 15 is 0 Å². The van der Waals surface area contributed by atoms with E-state index in [9.17, 15) is 9.90 Å². The van der Waals surface area contributed by atoms with Gasteiger partial charge in [-0.1, -0.05) is 6.42 Å². The Morgan fingerprint density at radius 1 is 1.44 bits per heavy atom. The molecule has 0 aromatic heterocycles. The van der Waals surface area contributed by atoms with Gasteiger partial charge in [-0.25, -0.2) is 0 Å². The van der Waals surface area contributed by atoms with Crippen molar-refractivity contribution in [2.75, 3.05) is 26.8 Å². The van der Waals surface area contributed by atoms with Gasteiger partial charge in [-0.15, -0.1) is 12.4 Å². The van der Waals surface area contributed by atoms with Crippen molar-refractivity contribution in [3.05, 3.63) is 0 Å². The molecule has 1 aliphatic heterocycles. The smallest absolute Gasteiger partial charge is 0.220 e. The van der Waals surface area contributed by atoms with Gasteiger partial charge < -0.3 is 20.5 Å². The SMILES string of the molecule is COCCCCCC(=O)N[C@@H]1CCNC[C@H]1O.Cl. The van der Waals surface area contributed by atoms with Crippen molar-refractivity contribution in [1.29, 1.82) is 0 Å². The molecule has 0 bridgehead atoms. The first-order valence-electron chi connectivity index (χ1n) is 6.41. The molecule has 2 atom stereocenters. The standard InChI is InChI=1S/C12H24N2O3.ClH/c1-17-8-4-2-3-5-12(16)14-10-6-7-13-9-11(10)15;/h10-11,13,15H,2-9H2,1H3,(H,14,16);1H/t10-,11-;/m1./s1. The molecule has 1 aliphatic rings. The van der Waals surface area contributed by atoms with Gasteiger partial charge in [-0.3, -0.25) is 4.79 Å². The van der Waals surface area contributed by atoms with Crippen molar-refractivity contribution in [2.45, 2.75) is 44.2 Å². The minimum absolute atomic E-state index is 0. The second-order valence-corrected chi connectivity index (χ2v) is 4.54. The van der Waals surface area contributed by atoms with E-state index in [2.05, 4.69) is 10.6 Å². The molecular weight excluding hydrogens is 256 g/mol. The highest BCUT2D eigenvalue weighted by Gasteiger charge is 2.23. The highest BCUT2D eigenvalue weighted by molar-refractivity contribution is 5.85. The third kappa shape index (κ3) is 7.16. The first-order valence-corrected chi connectivity index (χ1v) is 6.41. The number of carbonyl (C=O) groups excluding carboxylic acids is 1. The zero-order valence-corrected chi connectivity index (χ0v) is 11.8.